The van der Waals surface area contributed by atoms with Crippen LogP contribution in [0.3, 0.4) is 0 Å². The number of fused-ring (bicyclic) bond motifs is 1. The number of nitrogens with one attached hydrogen (secondary N) is 2. The van der Waals surface area contributed by atoms with E-state index in [1.54, 1.807) is 0 Å². The molecule has 118 valence electrons. The highest BCUT2D eigenvalue weighted by Crippen LogP contribution is 2.20. The van der Waals surface area contributed by atoms with E-state index in [9.17, 15) is 0 Å². The monoisotopic (exact) mass is 307 g/mol. The highest BCUT2D eigenvalue weighted by atomic mass is 16.5. The molecular weight excluding hydrogens is 286 g/mol. The lowest BCUT2D eigenvalue weighted by molar-refractivity contribution is 0.321. The van der Waals surface area contributed by atoms with Crippen LogP contribution in [0, 0.1) is 0 Å². The van der Waals surface area contributed by atoms with Crippen LogP contribution in [0.2, 0.25) is 0 Å². The summed E-state index contributed by atoms with van der Waals surface area (Å²) in [6.45, 7) is 3.98. The molecule has 1 aliphatic rings. The number of anilines is 1. The van der Waals surface area contributed by atoms with Crippen LogP contribution in [0.25, 0.3) is 6.08 Å². The first-order chi connectivity index (χ1) is 11.4. The van der Waals surface area contributed by atoms with Crippen molar-refractivity contribution in [1.29, 1.82) is 0 Å². The van der Waals surface area contributed by atoms with Gasteiger partial charge in [0.05, 0.1) is 13.1 Å². The molecule has 2 aromatic rings. The molecule has 1 heterocycles. The van der Waals surface area contributed by atoms with E-state index in [1.807, 2.05) is 55.5 Å². The Kier molecular flexibility index (Phi) is 4.94. The van der Waals surface area contributed by atoms with Crippen molar-refractivity contribution in [1.82, 2.24) is 5.32 Å². The van der Waals surface area contributed by atoms with Gasteiger partial charge in [0.1, 0.15) is 12.4 Å². The number of nitrogens with zero attached hydrogens (tertiary/aromatic N) is 1. The van der Waals surface area contributed by atoms with Crippen LogP contribution in [0.4, 0.5) is 5.69 Å². The Balaban J connectivity index is 1.49. The lowest BCUT2D eigenvalue weighted by Gasteiger charge is -2.19. The normalized spacial score (nSPS) is 13.2. The predicted molar refractivity (Wildman–Crippen MR) is 95.9 cm³/mol. The van der Waals surface area contributed by atoms with Gasteiger partial charge >= 0.3 is 0 Å². The molecule has 0 aromatic heterocycles. The molecule has 0 bridgehead atoms. The average Bonchev–Trinajstić information content (AvgIpc) is 2.60. The molecule has 0 saturated heterocycles. The molecule has 4 nitrogen and oxygen atoms in total. The van der Waals surface area contributed by atoms with Crippen LogP contribution in [-0.4, -0.2) is 19.1 Å². The quantitative estimate of drug-likeness (QED) is 0.829. The second kappa shape index (κ2) is 7.49. The van der Waals surface area contributed by atoms with Gasteiger partial charge in [-0.25, -0.2) is 4.99 Å². The van der Waals surface area contributed by atoms with E-state index >= 15 is 0 Å². The third kappa shape index (κ3) is 3.92. The number of hydrogen-bond acceptors (Lipinski definition) is 4. The number of ether oxygens (including phenoxy) is 1. The van der Waals surface area contributed by atoms with E-state index in [-0.39, 0.29) is 0 Å². The Morgan fingerprint density at radius 1 is 1.17 bits per heavy atom. The zero-order chi connectivity index (χ0) is 15.9. The fourth-order valence-electron chi connectivity index (χ4n) is 2.47. The molecule has 0 amide bonds. The van der Waals surface area contributed by atoms with Gasteiger partial charge < -0.3 is 15.4 Å². The first-order valence-corrected chi connectivity index (χ1v) is 7.84. The number of benzene rings is 2. The Morgan fingerprint density at radius 3 is 2.91 bits per heavy atom. The second-order valence-electron chi connectivity index (χ2n) is 5.26. The minimum absolute atomic E-state index is 0.580. The largest absolute Gasteiger partial charge is 0.491 e. The second-order valence-corrected chi connectivity index (χ2v) is 5.26. The topological polar surface area (TPSA) is 45.6 Å². The number of allylic oxidation sites excluding steroid dienone is 1. The minimum atomic E-state index is 0.580. The highest BCUT2D eigenvalue weighted by Gasteiger charge is 2.09. The molecule has 4 heteroatoms. The summed E-state index contributed by atoms with van der Waals surface area (Å²) in [5.41, 5.74) is 3.43. The summed E-state index contributed by atoms with van der Waals surface area (Å²) in [7, 11) is 0. The maximum absolute atomic E-state index is 5.85. The van der Waals surface area contributed by atoms with Crippen molar-refractivity contribution in [3.63, 3.8) is 0 Å². The zero-order valence-electron chi connectivity index (χ0n) is 13.3. The SMILES string of the molecule is C/C=C/c1ccccc1OCCNC1=NCc2ccccc2N1. The van der Waals surface area contributed by atoms with Gasteiger partial charge in [0.15, 0.2) is 5.96 Å². The molecule has 0 fully saturated rings. The zero-order valence-corrected chi connectivity index (χ0v) is 13.3. The number of rotatable bonds is 5. The van der Waals surface area contributed by atoms with Crippen LogP contribution in [0.15, 0.2) is 59.6 Å². The minimum Gasteiger partial charge on any atom is -0.491 e. The van der Waals surface area contributed by atoms with E-state index in [0.717, 1.165) is 23.0 Å². The summed E-state index contributed by atoms with van der Waals surface area (Å²) in [6.07, 6.45) is 4.06. The predicted octanol–water partition coefficient (Wildman–Crippen LogP) is 3.67. The summed E-state index contributed by atoms with van der Waals surface area (Å²) in [6, 6.07) is 16.2. The summed E-state index contributed by atoms with van der Waals surface area (Å²) in [4.78, 5) is 4.49. The number of hydrogen-bond donors (Lipinski definition) is 2. The summed E-state index contributed by atoms with van der Waals surface area (Å²) < 4.78 is 5.85. The van der Waals surface area contributed by atoms with Crippen molar-refractivity contribution in [3.8, 4) is 5.75 Å². The maximum atomic E-state index is 5.85. The van der Waals surface area contributed by atoms with Crippen molar-refractivity contribution < 1.29 is 4.74 Å². The molecule has 23 heavy (non-hydrogen) atoms. The molecule has 0 aliphatic carbocycles. The van der Waals surface area contributed by atoms with Gasteiger partial charge in [0.2, 0.25) is 0 Å². The average molecular weight is 307 g/mol. The summed E-state index contributed by atoms with van der Waals surface area (Å²) in [5.74, 6) is 1.70. The van der Waals surface area contributed by atoms with Crippen molar-refractivity contribution in [3.05, 3.63) is 65.7 Å². The number of aliphatic imine (C=N–C) groups is 1. The van der Waals surface area contributed by atoms with Crippen LogP contribution in [0.5, 0.6) is 5.75 Å². The van der Waals surface area contributed by atoms with Crippen molar-refractivity contribution in [2.24, 2.45) is 4.99 Å². The first kappa shape index (κ1) is 15.2. The van der Waals surface area contributed by atoms with E-state index in [4.69, 9.17) is 4.74 Å². The van der Waals surface area contributed by atoms with Crippen LogP contribution < -0.4 is 15.4 Å². The van der Waals surface area contributed by atoms with Crippen molar-refractivity contribution in [2.45, 2.75) is 13.5 Å². The molecule has 0 atom stereocenters. The Bertz CT molecular complexity index is 722. The molecule has 0 unspecified atom stereocenters. The van der Waals surface area contributed by atoms with E-state index in [1.165, 1.54) is 5.56 Å². The number of guanidine groups is 1. The van der Waals surface area contributed by atoms with E-state index < -0.39 is 0 Å². The lowest BCUT2D eigenvalue weighted by atomic mass is 10.1. The van der Waals surface area contributed by atoms with E-state index in [0.29, 0.717) is 19.7 Å². The van der Waals surface area contributed by atoms with Crippen LogP contribution in [0.1, 0.15) is 18.1 Å². The number of para-hydroxylation sites is 2. The van der Waals surface area contributed by atoms with Gasteiger partial charge in [-0.3, -0.25) is 0 Å². The molecule has 0 saturated carbocycles. The third-order valence-electron chi connectivity index (χ3n) is 3.60. The smallest absolute Gasteiger partial charge is 0.196 e. The molecule has 0 radical (unpaired) electrons. The molecule has 2 aromatic carbocycles. The van der Waals surface area contributed by atoms with Crippen molar-refractivity contribution in [2.75, 3.05) is 18.5 Å². The van der Waals surface area contributed by atoms with Gasteiger partial charge in [-0.05, 0) is 24.6 Å². The molecule has 0 spiro atoms. The van der Waals surface area contributed by atoms with Gasteiger partial charge in [-0.1, -0.05) is 48.6 Å². The molecule has 2 N–H and O–H groups in total. The Labute approximate surface area is 136 Å². The fraction of sp³-hybridized carbons (Fsp3) is 0.211. The van der Waals surface area contributed by atoms with Gasteiger partial charge in [0.25, 0.3) is 0 Å². The first-order valence-electron chi connectivity index (χ1n) is 7.84. The molecular formula is C19H21N3O. The Hall–Kier alpha value is -2.75. The standard InChI is InChI=1S/C19H21N3O/c1-2-7-15-8-4-6-11-18(15)23-13-12-20-19-21-14-16-9-3-5-10-17(16)22-19/h2-11H,12-14H2,1H3,(H2,20,21,22)/b7-2+. The summed E-state index contributed by atoms with van der Waals surface area (Å²) in [5, 5.41) is 6.58. The Morgan fingerprint density at radius 2 is 2.00 bits per heavy atom. The van der Waals surface area contributed by atoms with E-state index in [2.05, 4.69) is 27.8 Å². The molecule has 1 aliphatic heterocycles. The van der Waals surface area contributed by atoms with Crippen molar-refractivity contribution >= 4 is 17.7 Å². The fourth-order valence-corrected chi connectivity index (χ4v) is 2.47. The molecule has 3 rings (SSSR count). The van der Waals surface area contributed by atoms with Crippen LogP contribution in [-0.2, 0) is 6.54 Å². The van der Waals surface area contributed by atoms with Gasteiger partial charge in [-0.2, -0.15) is 0 Å². The highest BCUT2D eigenvalue weighted by molar-refractivity contribution is 5.95. The third-order valence-corrected chi connectivity index (χ3v) is 3.60. The summed E-state index contributed by atoms with van der Waals surface area (Å²) >= 11 is 0. The van der Waals surface area contributed by atoms with Crippen LogP contribution >= 0.6 is 0 Å². The maximum Gasteiger partial charge on any atom is 0.196 e. The lowest BCUT2D eigenvalue weighted by Crippen LogP contribution is -2.35. The van der Waals surface area contributed by atoms with Gasteiger partial charge in [0, 0.05) is 11.3 Å². The van der Waals surface area contributed by atoms with Gasteiger partial charge in [-0.15, -0.1) is 0 Å².